The molecule has 0 aromatic carbocycles. The van der Waals surface area contributed by atoms with Gasteiger partial charge in [-0.25, -0.2) is 4.98 Å². The van der Waals surface area contributed by atoms with E-state index in [0.717, 1.165) is 12.1 Å². The van der Waals surface area contributed by atoms with Crippen molar-refractivity contribution < 1.29 is 4.79 Å². The van der Waals surface area contributed by atoms with Gasteiger partial charge in [-0.2, -0.15) is 10.1 Å². The maximum absolute atomic E-state index is 11.6. The number of amides is 1. The van der Waals surface area contributed by atoms with E-state index in [9.17, 15) is 4.79 Å². The van der Waals surface area contributed by atoms with Gasteiger partial charge in [0.2, 0.25) is 0 Å². The second-order valence-electron chi connectivity index (χ2n) is 3.34. The minimum absolute atomic E-state index is 0.0154. The summed E-state index contributed by atoms with van der Waals surface area (Å²) >= 11 is 0. The number of nitrogens with zero attached hydrogens (tertiary/aromatic N) is 3. The standard InChI is InChI=1S/C10H12N4O/c1-2-7-5-10(15)14(13-7)8-3-4-9(11)12-6-8/h3-4,6H,2,5H2,1H3,(H2,11,12). The zero-order chi connectivity index (χ0) is 10.8. The molecule has 1 aliphatic heterocycles. The van der Waals surface area contributed by atoms with E-state index in [1.54, 1.807) is 18.3 Å². The molecule has 78 valence electrons. The number of rotatable bonds is 2. The second kappa shape index (κ2) is 3.68. The van der Waals surface area contributed by atoms with E-state index in [1.165, 1.54) is 5.01 Å². The van der Waals surface area contributed by atoms with Crippen molar-refractivity contribution >= 4 is 23.1 Å². The van der Waals surface area contributed by atoms with Gasteiger partial charge >= 0.3 is 0 Å². The summed E-state index contributed by atoms with van der Waals surface area (Å²) in [6, 6.07) is 3.39. The number of hydrogen-bond acceptors (Lipinski definition) is 4. The lowest BCUT2D eigenvalue weighted by Gasteiger charge is -2.10. The lowest BCUT2D eigenvalue weighted by molar-refractivity contribution is -0.116. The van der Waals surface area contributed by atoms with Crippen molar-refractivity contribution in [2.45, 2.75) is 19.8 Å². The summed E-state index contributed by atoms with van der Waals surface area (Å²) in [5.41, 5.74) is 7.03. The zero-order valence-corrected chi connectivity index (χ0v) is 8.47. The van der Waals surface area contributed by atoms with Gasteiger partial charge in [0, 0.05) is 5.71 Å². The quantitative estimate of drug-likeness (QED) is 0.785. The van der Waals surface area contributed by atoms with Crippen LogP contribution in [0.4, 0.5) is 11.5 Å². The molecule has 0 bridgehead atoms. The van der Waals surface area contributed by atoms with Crippen LogP contribution in [0.3, 0.4) is 0 Å². The van der Waals surface area contributed by atoms with E-state index in [1.807, 2.05) is 6.92 Å². The molecule has 0 saturated carbocycles. The van der Waals surface area contributed by atoms with Gasteiger partial charge in [0.15, 0.2) is 0 Å². The van der Waals surface area contributed by atoms with Gasteiger partial charge in [-0.1, -0.05) is 6.92 Å². The van der Waals surface area contributed by atoms with E-state index in [2.05, 4.69) is 10.1 Å². The van der Waals surface area contributed by atoms with Crippen LogP contribution < -0.4 is 10.7 Å². The molecule has 2 heterocycles. The number of hydrogen-bond donors (Lipinski definition) is 1. The first kappa shape index (κ1) is 9.64. The number of pyridine rings is 1. The van der Waals surface area contributed by atoms with Gasteiger partial charge in [-0.15, -0.1) is 0 Å². The van der Waals surface area contributed by atoms with Gasteiger partial charge in [-0.05, 0) is 18.6 Å². The summed E-state index contributed by atoms with van der Waals surface area (Å²) in [6.07, 6.45) is 2.75. The van der Waals surface area contributed by atoms with Crippen LogP contribution in [0.15, 0.2) is 23.4 Å². The van der Waals surface area contributed by atoms with Crippen LogP contribution in [-0.4, -0.2) is 16.6 Å². The fourth-order valence-corrected chi connectivity index (χ4v) is 1.40. The number of nitrogens with two attached hydrogens (primary N) is 1. The van der Waals surface area contributed by atoms with Gasteiger partial charge in [0.1, 0.15) is 5.82 Å². The van der Waals surface area contributed by atoms with E-state index in [4.69, 9.17) is 5.73 Å². The maximum atomic E-state index is 11.6. The fourth-order valence-electron chi connectivity index (χ4n) is 1.40. The minimum Gasteiger partial charge on any atom is -0.384 e. The first-order chi connectivity index (χ1) is 7.20. The molecule has 0 atom stereocenters. The summed E-state index contributed by atoms with van der Waals surface area (Å²) in [5, 5.41) is 5.59. The Morgan fingerprint density at radius 2 is 2.33 bits per heavy atom. The van der Waals surface area contributed by atoms with E-state index in [0.29, 0.717) is 17.9 Å². The van der Waals surface area contributed by atoms with Crippen molar-refractivity contribution in [2.24, 2.45) is 5.10 Å². The van der Waals surface area contributed by atoms with Gasteiger partial charge in [0.25, 0.3) is 5.91 Å². The molecule has 2 rings (SSSR count). The molecular weight excluding hydrogens is 192 g/mol. The summed E-state index contributed by atoms with van der Waals surface area (Å²) in [4.78, 5) is 15.5. The van der Waals surface area contributed by atoms with Crippen molar-refractivity contribution in [3.63, 3.8) is 0 Å². The molecule has 5 heteroatoms. The van der Waals surface area contributed by atoms with Crippen LogP contribution in [0.5, 0.6) is 0 Å². The third-order valence-corrected chi connectivity index (χ3v) is 2.26. The lowest BCUT2D eigenvalue weighted by Crippen LogP contribution is -2.19. The van der Waals surface area contributed by atoms with Crippen molar-refractivity contribution in [1.82, 2.24) is 4.98 Å². The highest BCUT2D eigenvalue weighted by Gasteiger charge is 2.23. The Bertz CT molecular complexity index is 410. The van der Waals surface area contributed by atoms with Crippen molar-refractivity contribution in [2.75, 3.05) is 10.7 Å². The van der Waals surface area contributed by atoms with E-state index < -0.39 is 0 Å². The lowest BCUT2D eigenvalue weighted by atomic mass is 10.2. The average molecular weight is 204 g/mol. The molecule has 0 spiro atoms. The monoisotopic (exact) mass is 204 g/mol. The Kier molecular flexibility index (Phi) is 2.37. The molecule has 0 radical (unpaired) electrons. The Morgan fingerprint density at radius 3 is 2.87 bits per heavy atom. The highest BCUT2D eigenvalue weighted by atomic mass is 16.2. The van der Waals surface area contributed by atoms with Gasteiger partial charge < -0.3 is 5.73 Å². The molecule has 0 aliphatic carbocycles. The highest BCUT2D eigenvalue weighted by Crippen LogP contribution is 2.20. The Balaban J connectivity index is 2.28. The molecule has 15 heavy (non-hydrogen) atoms. The topological polar surface area (TPSA) is 71.6 Å². The Hall–Kier alpha value is -1.91. The number of nitrogen functional groups attached to an aromatic ring is 1. The second-order valence-corrected chi connectivity index (χ2v) is 3.34. The fraction of sp³-hybridized carbons (Fsp3) is 0.300. The molecule has 1 aromatic rings. The SMILES string of the molecule is CCC1=NN(c2ccc(N)nc2)C(=O)C1. The van der Waals surface area contributed by atoms with E-state index in [-0.39, 0.29) is 5.91 Å². The van der Waals surface area contributed by atoms with E-state index >= 15 is 0 Å². The summed E-state index contributed by atoms with van der Waals surface area (Å²) in [5.74, 6) is 0.420. The number of carbonyl (C=O) groups is 1. The molecule has 0 unspecified atom stereocenters. The number of hydrazone groups is 1. The highest BCUT2D eigenvalue weighted by molar-refractivity contribution is 6.12. The molecular formula is C10H12N4O. The third kappa shape index (κ3) is 1.81. The third-order valence-electron chi connectivity index (χ3n) is 2.26. The number of aromatic nitrogens is 1. The van der Waals surface area contributed by atoms with Crippen LogP contribution >= 0.6 is 0 Å². The normalized spacial score (nSPS) is 15.7. The van der Waals surface area contributed by atoms with Gasteiger partial charge in [0.05, 0.1) is 18.3 Å². The predicted octanol–water partition coefficient (Wildman–Crippen LogP) is 1.17. The Morgan fingerprint density at radius 1 is 1.53 bits per heavy atom. The summed E-state index contributed by atoms with van der Waals surface area (Å²) < 4.78 is 0. The van der Waals surface area contributed by atoms with Crippen LogP contribution in [0.1, 0.15) is 19.8 Å². The van der Waals surface area contributed by atoms with Crippen LogP contribution in [0, 0.1) is 0 Å². The first-order valence-corrected chi connectivity index (χ1v) is 4.81. The molecule has 1 aromatic heterocycles. The van der Waals surface area contributed by atoms with Crippen molar-refractivity contribution in [1.29, 1.82) is 0 Å². The molecule has 1 aliphatic rings. The molecule has 2 N–H and O–H groups in total. The smallest absolute Gasteiger partial charge is 0.253 e. The van der Waals surface area contributed by atoms with Crippen LogP contribution in [0.25, 0.3) is 0 Å². The minimum atomic E-state index is -0.0154. The predicted molar refractivity (Wildman–Crippen MR) is 58.5 cm³/mol. The number of anilines is 2. The number of carbonyl (C=O) groups excluding carboxylic acids is 1. The van der Waals surface area contributed by atoms with Crippen molar-refractivity contribution in [3.8, 4) is 0 Å². The van der Waals surface area contributed by atoms with Gasteiger partial charge in [-0.3, -0.25) is 4.79 Å². The summed E-state index contributed by atoms with van der Waals surface area (Å²) in [6.45, 7) is 1.98. The maximum Gasteiger partial charge on any atom is 0.253 e. The summed E-state index contributed by atoms with van der Waals surface area (Å²) in [7, 11) is 0. The first-order valence-electron chi connectivity index (χ1n) is 4.81. The van der Waals surface area contributed by atoms with Crippen molar-refractivity contribution in [3.05, 3.63) is 18.3 Å². The zero-order valence-electron chi connectivity index (χ0n) is 8.47. The molecule has 0 fully saturated rings. The average Bonchev–Trinajstić information content (AvgIpc) is 2.61. The largest absolute Gasteiger partial charge is 0.384 e. The molecule has 0 saturated heterocycles. The van der Waals surface area contributed by atoms with Crippen LogP contribution in [-0.2, 0) is 4.79 Å². The van der Waals surface area contributed by atoms with Crippen LogP contribution in [0.2, 0.25) is 0 Å². The molecule has 1 amide bonds. The molecule has 5 nitrogen and oxygen atoms in total. The Labute approximate surface area is 87.6 Å².